The highest BCUT2D eigenvalue weighted by molar-refractivity contribution is 6.32. The van der Waals surface area contributed by atoms with Gasteiger partial charge in [0.05, 0.1) is 16.7 Å². The second-order valence-corrected chi connectivity index (χ2v) is 4.74. The Morgan fingerprint density at radius 1 is 1.21 bits per heavy atom. The molecular weight excluding hydrogens is 288 g/mol. The van der Waals surface area contributed by atoms with E-state index in [1.54, 1.807) is 19.1 Å². The van der Waals surface area contributed by atoms with Crippen LogP contribution < -0.4 is 4.74 Å². The van der Waals surface area contributed by atoms with Crippen LogP contribution in [0.2, 0.25) is 10.0 Å². The van der Waals surface area contributed by atoms with Crippen molar-refractivity contribution in [2.45, 2.75) is 6.92 Å². The maximum absolute atomic E-state index is 13.9. The van der Waals surface area contributed by atoms with Crippen LogP contribution in [-0.2, 0) is 0 Å². The lowest BCUT2D eigenvalue weighted by Gasteiger charge is -2.10. The lowest BCUT2D eigenvalue weighted by atomic mass is 10.2. The second kappa shape index (κ2) is 5.48. The monoisotopic (exact) mass is 295 g/mol. The number of nitriles is 1. The van der Waals surface area contributed by atoms with Gasteiger partial charge in [0.1, 0.15) is 5.75 Å². The van der Waals surface area contributed by atoms with Crippen molar-refractivity contribution in [2.24, 2.45) is 0 Å². The van der Waals surface area contributed by atoms with Gasteiger partial charge in [-0.3, -0.25) is 0 Å². The van der Waals surface area contributed by atoms with Crippen LogP contribution in [0.1, 0.15) is 11.1 Å². The molecule has 0 aliphatic carbocycles. The van der Waals surface area contributed by atoms with Gasteiger partial charge in [0, 0.05) is 5.02 Å². The fourth-order valence-corrected chi connectivity index (χ4v) is 1.94. The molecule has 0 atom stereocenters. The van der Waals surface area contributed by atoms with Crippen LogP contribution in [-0.4, -0.2) is 0 Å². The van der Waals surface area contributed by atoms with Crippen molar-refractivity contribution in [3.8, 4) is 17.6 Å². The number of rotatable bonds is 2. The van der Waals surface area contributed by atoms with Crippen LogP contribution in [0.25, 0.3) is 0 Å². The van der Waals surface area contributed by atoms with Crippen molar-refractivity contribution < 1.29 is 9.13 Å². The van der Waals surface area contributed by atoms with Gasteiger partial charge in [-0.05, 0) is 36.8 Å². The molecule has 0 heterocycles. The van der Waals surface area contributed by atoms with Crippen molar-refractivity contribution in [1.82, 2.24) is 0 Å². The SMILES string of the molecule is Cc1ccc(Cl)c(Oc2cc(Cl)cc(C#N)c2)c1F. The quantitative estimate of drug-likeness (QED) is 0.772. The van der Waals surface area contributed by atoms with Crippen LogP contribution in [0.4, 0.5) is 4.39 Å². The topological polar surface area (TPSA) is 33.0 Å². The zero-order valence-corrected chi connectivity index (χ0v) is 11.4. The average molecular weight is 296 g/mol. The maximum Gasteiger partial charge on any atom is 0.181 e. The molecule has 0 N–H and O–H groups in total. The molecule has 0 spiro atoms. The molecular formula is C14H8Cl2FNO. The highest BCUT2D eigenvalue weighted by Crippen LogP contribution is 2.34. The summed E-state index contributed by atoms with van der Waals surface area (Å²) in [6.07, 6.45) is 0. The first-order valence-corrected chi connectivity index (χ1v) is 6.10. The molecule has 19 heavy (non-hydrogen) atoms. The molecule has 0 amide bonds. The second-order valence-electron chi connectivity index (χ2n) is 3.90. The molecule has 0 fully saturated rings. The van der Waals surface area contributed by atoms with Crippen molar-refractivity contribution in [2.75, 3.05) is 0 Å². The van der Waals surface area contributed by atoms with Crippen molar-refractivity contribution in [3.63, 3.8) is 0 Å². The van der Waals surface area contributed by atoms with Crippen LogP contribution in [0.3, 0.4) is 0 Å². The summed E-state index contributed by atoms with van der Waals surface area (Å²) in [5.41, 5.74) is 0.744. The fourth-order valence-electron chi connectivity index (χ4n) is 1.53. The minimum atomic E-state index is -0.536. The van der Waals surface area contributed by atoms with Gasteiger partial charge in [-0.1, -0.05) is 29.3 Å². The van der Waals surface area contributed by atoms with E-state index < -0.39 is 5.82 Å². The van der Waals surface area contributed by atoms with Gasteiger partial charge in [0.15, 0.2) is 11.6 Å². The normalized spacial score (nSPS) is 10.1. The molecule has 0 aliphatic rings. The largest absolute Gasteiger partial charge is 0.453 e. The molecule has 0 aliphatic heterocycles. The Labute approximate surface area is 119 Å². The number of hydrogen-bond donors (Lipinski definition) is 0. The van der Waals surface area contributed by atoms with Gasteiger partial charge in [0.25, 0.3) is 0 Å². The summed E-state index contributed by atoms with van der Waals surface area (Å²) >= 11 is 11.7. The van der Waals surface area contributed by atoms with E-state index in [0.717, 1.165) is 0 Å². The lowest BCUT2D eigenvalue weighted by Crippen LogP contribution is -1.93. The molecule has 0 saturated carbocycles. The zero-order chi connectivity index (χ0) is 14.0. The number of hydrogen-bond acceptors (Lipinski definition) is 2. The highest BCUT2D eigenvalue weighted by atomic mass is 35.5. The zero-order valence-electron chi connectivity index (χ0n) is 9.88. The van der Waals surface area contributed by atoms with Crippen molar-refractivity contribution >= 4 is 23.2 Å². The van der Waals surface area contributed by atoms with Gasteiger partial charge in [-0.2, -0.15) is 5.26 Å². The molecule has 5 heteroatoms. The minimum absolute atomic E-state index is 0.0761. The van der Waals surface area contributed by atoms with Gasteiger partial charge < -0.3 is 4.74 Å². The highest BCUT2D eigenvalue weighted by Gasteiger charge is 2.13. The fraction of sp³-hybridized carbons (Fsp3) is 0.0714. The summed E-state index contributed by atoms with van der Waals surface area (Å²) in [4.78, 5) is 0. The number of aryl methyl sites for hydroxylation is 1. The molecule has 2 aromatic carbocycles. The summed E-state index contributed by atoms with van der Waals surface area (Å²) in [6.45, 7) is 1.61. The third-order valence-corrected chi connectivity index (χ3v) is 2.98. The lowest BCUT2D eigenvalue weighted by molar-refractivity contribution is 0.440. The standard InChI is InChI=1S/C14H8Cl2FNO/c1-8-2-3-12(16)14(13(8)17)19-11-5-9(7-18)4-10(15)6-11/h2-6H,1H3. The molecule has 0 aromatic heterocycles. The van der Waals surface area contributed by atoms with E-state index in [1.165, 1.54) is 18.2 Å². The molecule has 2 rings (SSSR count). The molecule has 0 bridgehead atoms. The first-order chi connectivity index (χ1) is 9.01. The van der Waals surface area contributed by atoms with E-state index >= 15 is 0 Å². The number of halogens is 3. The minimum Gasteiger partial charge on any atom is -0.453 e. The third-order valence-electron chi connectivity index (χ3n) is 2.46. The molecule has 0 unspecified atom stereocenters. The summed E-state index contributed by atoms with van der Waals surface area (Å²) < 4.78 is 19.3. The van der Waals surface area contributed by atoms with E-state index in [2.05, 4.69) is 0 Å². The van der Waals surface area contributed by atoms with E-state index in [-0.39, 0.29) is 16.5 Å². The summed E-state index contributed by atoms with van der Waals surface area (Å²) in [5, 5.41) is 9.33. The molecule has 96 valence electrons. The maximum atomic E-state index is 13.9. The van der Waals surface area contributed by atoms with E-state index in [0.29, 0.717) is 16.1 Å². The number of nitrogens with zero attached hydrogens (tertiary/aromatic N) is 1. The van der Waals surface area contributed by atoms with Crippen molar-refractivity contribution in [1.29, 1.82) is 5.26 Å². The number of benzene rings is 2. The van der Waals surface area contributed by atoms with Crippen LogP contribution >= 0.6 is 23.2 Å². The predicted octanol–water partition coefficient (Wildman–Crippen LogP) is 5.10. The van der Waals surface area contributed by atoms with Gasteiger partial charge >= 0.3 is 0 Å². The first kappa shape index (κ1) is 13.7. The Bertz CT molecular complexity index is 680. The average Bonchev–Trinajstić information content (AvgIpc) is 2.38. The summed E-state index contributed by atoms with van der Waals surface area (Å²) in [7, 11) is 0. The summed E-state index contributed by atoms with van der Waals surface area (Å²) in [6, 6.07) is 9.49. The molecule has 0 radical (unpaired) electrons. The Hall–Kier alpha value is -1.76. The van der Waals surface area contributed by atoms with Crippen molar-refractivity contribution in [3.05, 3.63) is 57.3 Å². The molecule has 2 nitrogen and oxygen atoms in total. The molecule has 2 aromatic rings. The number of ether oxygens (including phenoxy) is 1. The van der Waals surface area contributed by atoms with Crippen LogP contribution in [0, 0.1) is 24.1 Å². The van der Waals surface area contributed by atoms with Crippen LogP contribution in [0.5, 0.6) is 11.5 Å². The Kier molecular flexibility index (Phi) is 3.94. The van der Waals surface area contributed by atoms with Gasteiger partial charge in [-0.25, -0.2) is 4.39 Å². The van der Waals surface area contributed by atoms with E-state index in [1.807, 2.05) is 6.07 Å². The van der Waals surface area contributed by atoms with E-state index in [9.17, 15) is 4.39 Å². The Morgan fingerprint density at radius 2 is 1.95 bits per heavy atom. The van der Waals surface area contributed by atoms with E-state index in [4.69, 9.17) is 33.2 Å². The van der Waals surface area contributed by atoms with Gasteiger partial charge in [-0.15, -0.1) is 0 Å². The first-order valence-electron chi connectivity index (χ1n) is 5.34. The van der Waals surface area contributed by atoms with Gasteiger partial charge in [0.2, 0.25) is 0 Å². The summed E-state index contributed by atoms with van der Waals surface area (Å²) in [5.74, 6) is -0.353. The molecule has 0 saturated heterocycles. The smallest absolute Gasteiger partial charge is 0.181 e. The Morgan fingerprint density at radius 3 is 2.63 bits per heavy atom. The van der Waals surface area contributed by atoms with Crippen LogP contribution in [0.15, 0.2) is 30.3 Å². The Balaban J connectivity index is 2.45. The predicted molar refractivity (Wildman–Crippen MR) is 72.4 cm³/mol. The third kappa shape index (κ3) is 2.98.